The van der Waals surface area contributed by atoms with Crippen LogP contribution in [-0.4, -0.2) is 11.8 Å². The topological polar surface area (TPSA) is 61.3 Å². The molecular weight excluding hydrogens is 228 g/mol. The summed E-state index contributed by atoms with van der Waals surface area (Å²) in [5.74, 6) is 1.48. The molecule has 1 heterocycles. The van der Waals surface area contributed by atoms with Crippen molar-refractivity contribution in [3.63, 3.8) is 0 Å². The zero-order valence-corrected chi connectivity index (χ0v) is 10.3. The first-order valence-electron chi connectivity index (χ1n) is 5.72. The zero-order valence-electron chi connectivity index (χ0n) is 10.3. The normalized spacial score (nSPS) is 10.3. The molecule has 0 aliphatic carbocycles. The number of hydrogen-bond acceptors (Lipinski definition) is 4. The second kappa shape index (κ2) is 5.51. The van der Waals surface area contributed by atoms with Gasteiger partial charge in [0.15, 0.2) is 5.76 Å². The summed E-state index contributed by atoms with van der Waals surface area (Å²) in [4.78, 5) is 0. The Bertz CT molecular complexity index is 529. The number of nitrogens with two attached hydrogens (primary N) is 1. The van der Waals surface area contributed by atoms with E-state index < -0.39 is 0 Å². The molecule has 0 aliphatic heterocycles. The number of nitrogens with zero attached hydrogens (tertiary/aromatic N) is 1. The first-order valence-corrected chi connectivity index (χ1v) is 5.72. The molecule has 0 atom stereocenters. The van der Waals surface area contributed by atoms with Crippen molar-refractivity contribution in [2.45, 2.75) is 13.5 Å². The van der Waals surface area contributed by atoms with Crippen LogP contribution in [0.3, 0.4) is 0 Å². The maximum Gasteiger partial charge on any atom is 0.150 e. The summed E-state index contributed by atoms with van der Waals surface area (Å²) >= 11 is 0. The van der Waals surface area contributed by atoms with Crippen LogP contribution in [0.2, 0.25) is 0 Å². The molecule has 0 spiro atoms. The van der Waals surface area contributed by atoms with Gasteiger partial charge in [0, 0.05) is 11.6 Å². The molecule has 0 amide bonds. The Morgan fingerprint density at radius 3 is 2.67 bits per heavy atom. The van der Waals surface area contributed by atoms with Gasteiger partial charge in [0.05, 0.1) is 6.54 Å². The molecule has 4 heteroatoms. The molecule has 1 aromatic heterocycles. The van der Waals surface area contributed by atoms with E-state index in [0.717, 1.165) is 22.6 Å². The smallest absolute Gasteiger partial charge is 0.150 e. The van der Waals surface area contributed by atoms with Crippen LogP contribution in [0.4, 0.5) is 0 Å². The van der Waals surface area contributed by atoms with Crippen molar-refractivity contribution in [3.05, 3.63) is 48.2 Å². The molecule has 0 saturated carbocycles. The molecule has 0 fully saturated rings. The third-order valence-corrected chi connectivity index (χ3v) is 2.40. The number of benzene rings is 1. The van der Waals surface area contributed by atoms with Gasteiger partial charge in [-0.2, -0.15) is 0 Å². The first-order chi connectivity index (χ1) is 8.69. The summed E-state index contributed by atoms with van der Waals surface area (Å²) in [7, 11) is 0. The first kappa shape index (κ1) is 12.4. The third kappa shape index (κ3) is 2.99. The van der Waals surface area contributed by atoms with E-state index in [1.54, 1.807) is 0 Å². The standard InChI is InChI=1S/C14H16N2O2/c1-10(2)9-17-12-5-3-11(4-6-12)14-7-13(8-15)18-16-14/h3-7H,1,8-9,15H2,2H3. The van der Waals surface area contributed by atoms with Crippen molar-refractivity contribution in [2.24, 2.45) is 5.73 Å². The van der Waals surface area contributed by atoms with E-state index in [1.165, 1.54) is 0 Å². The van der Waals surface area contributed by atoms with E-state index in [9.17, 15) is 0 Å². The van der Waals surface area contributed by atoms with Crippen LogP contribution in [0.15, 0.2) is 47.0 Å². The Labute approximate surface area is 106 Å². The van der Waals surface area contributed by atoms with Gasteiger partial charge in [0.1, 0.15) is 18.1 Å². The number of hydrogen-bond donors (Lipinski definition) is 1. The maximum atomic E-state index is 5.52. The third-order valence-electron chi connectivity index (χ3n) is 2.40. The summed E-state index contributed by atoms with van der Waals surface area (Å²) < 4.78 is 10.6. The molecule has 0 radical (unpaired) electrons. The van der Waals surface area contributed by atoms with Gasteiger partial charge in [-0.3, -0.25) is 0 Å². The molecule has 94 valence electrons. The lowest BCUT2D eigenvalue weighted by molar-refractivity contribution is 0.352. The number of ether oxygens (including phenoxy) is 1. The Balaban J connectivity index is 2.09. The van der Waals surface area contributed by atoms with Crippen LogP contribution in [0, 0.1) is 0 Å². The van der Waals surface area contributed by atoms with Crippen molar-refractivity contribution in [1.29, 1.82) is 0 Å². The van der Waals surface area contributed by atoms with Crippen LogP contribution in [-0.2, 0) is 6.54 Å². The van der Waals surface area contributed by atoms with E-state index in [1.807, 2.05) is 37.3 Å². The average molecular weight is 244 g/mol. The van der Waals surface area contributed by atoms with Crippen LogP contribution in [0.5, 0.6) is 5.75 Å². The molecule has 2 rings (SSSR count). The van der Waals surface area contributed by atoms with E-state index in [0.29, 0.717) is 18.9 Å². The Hall–Kier alpha value is -2.07. The minimum absolute atomic E-state index is 0.354. The largest absolute Gasteiger partial charge is 0.489 e. The molecule has 18 heavy (non-hydrogen) atoms. The van der Waals surface area contributed by atoms with Crippen molar-refractivity contribution in [3.8, 4) is 17.0 Å². The fourth-order valence-electron chi connectivity index (χ4n) is 1.47. The highest BCUT2D eigenvalue weighted by Gasteiger charge is 2.05. The molecule has 2 N–H and O–H groups in total. The van der Waals surface area contributed by atoms with Crippen LogP contribution in [0.25, 0.3) is 11.3 Å². The van der Waals surface area contributed by atoms with Gasteiger partial charge in [-0.15, -0.1) is 0 Å². The quantitative estimate of drug-likeness (QED) is 0.821. The molecule has 0 bridgehead atoms. The van der Waals surface area contributed by atoms with Crippen LogP contribution in [0.1, 0.15) is 12.7 Å². The van der Waals surface area contributed by atoms with Crippen LogP contribution >= 0.6 is 0 Å². The summed E-state index contributed by atoms with van der Waals surface area (Å²) in [5.41, 5.74) is 8.21. The van der Waals surface area contributed by atoms with Gasteiger partial charge in [-0.1, -0.05) is 11.7 Å². The van der Waals surface area contributed by atoms with Crippen molar-refractivity contribution in [1.82, 2.24) is 5.16 Å². The molecule has 4 nitrogen and oxygen atoms in total. The summed E-state index contributed by atoms with van der Waals surface area (Å²) in [5, 5.41) is 3.95. The Morgan fingerprint density at radius 1 is 1.39 bits per heavy atom. The summed E-state index contributed by atoms with van der Waals surface area (Å²) in [6, 6.07) is 9.51. The summed E-state index contributed by atoms with van der Waals surface area (Å²) in [6.45, 7) is 6.60. The minimum atomic E-state index is 0.354. The Morgan fingerprint density at radius 2 is 2.11 bits per heavy atom. The van der Waals surface area contributed by atoms with Gasteiger partial charge in [0.2, 0.25) is 0 Å². The highest BCUT2D eigenvalue weighted by molar-refractivity contribution is 5.59. The van der Waals surface area contributed by atoms with E-state index in [4.69, 9.17) is 15.0 Å². The van der Waals surface area contributed by atoms with Crippen molar-refractivity contribution in [2.75, 3.05) is 6.61 Å². The average Bonchev–Trinajstić information content (AvgIpc) is 2.85. The second-order valence-corrected chi connectivity index (χ2v) is 4.15. The zero-order chi connectivity index (χ0) is 13.0. The number of aromatic nitrogens is 1. The van der Waals surface area contributed by atoms with E-state index >= 15 is 0 Å². The van der Waals surface area contributed by atoms with Gasteiger partial charge in [0.25, 0.3) is 0 Å². The summed E-state index contributed by atoms with van der Waals surface area (Å²) in [6.07, 6.45) is 0. The monoisotopic (exact) mass is 244 g/mol. The van der Waals surface area contributed by atoms with Gasteiger partial charge in [-0.25, -0.2) is 0 Å². The van der Waals surface area contributed by atoms with Crippen LogP contribution < -0.4 is 10.5 Å². The number of rotatable bonds is 5. The molecule has 0 aliphatic rings. The highest BCUT2D eigenvalue weighted by Crippen LogP contribution is 2.22. The molecule has 0 unspecified atom stereocenters. The lowest BCUT2D eigenvalue weighted by Gasteiger charge is -2.05. The Kier molecular flexibility index (Phi) is 3.79. The predicted molar refractivity (Wildman–Crippen MR) is 70.1 cm³/mol. The minimum Gasteiger partial charge on any atom is -0.489 e. The SMILES string of the molecule is C=C(C)COc1ccc(-c2cc(CN)on2)cc1. The van der Waals surface area contributed by atoms with Crippen molar-refractivity contribution >= 4 is 0 Å². The lowest BCUT2D eigenvalue weighted by Crippen LogP contribution is -1.97. The molecule has 1 aromatic carbocycles. The van der Waals surface area contributed by atoms with E-state index in [2.05, 4.69) is 11.7 Å². The molecular formula is C14H16N2O2. The molecule has 0 saturated heterocycles. The molecule has 2 aromatic rings. The van der Waals surface area contributed by atoms with Gasteiger partial charge in [-0.05, 0) is 36.8 Å². The van der Waals surface area contributed by atoms with Gasteiger partial charge < -0.3 is 15.0 Å². The fraction of sp³-hybridized carbons (Fsp3) is 0.214. The predicted octanol–water partition coefficient (Wildman–Crippen LogP) is 2.76. The second-order valence-electron chi connectivity index (χ2n) is 4.15. The fourth-order valence-corrected chi connectivity index (χ4v) is 1.47. The highest BCUT2D eigenvalue weighted by atomic mass is 16.5. The van der Waals surface area contributed by atoms with Gasteiger partial charge >= 0.3 is 0 Å². The lowest BCUT2D eigenvalue weighted by atomic mass is 10.1. The van der Waals surface area contributed by atoms with Crippen molar-refractivity contribution < 1.29 is 9.26 Å². The maximum absolute atomic E-state index is 5.52. The van der Waals surface area contributed by atoms with E-state index in [-0.39, 0.29) is 0 Å².